The van der Waals surface area contributed by atoms with Gasteiger partial charge in [0.15, 0.2) is 0 Å². The number of nitro benzene ring substituents is 1. The second kappa shape index (κ2) is 5.13. The topological polar surface area (TPSA) is 61.6 Å². The van der Waals surface area contributed by atoms with E-state index in [0.29, 0.717) is 6.61 Å². The summed E-state index contributed by atoms with van der Waals surface area (Å²) >= 11 is 0. The molecule has 1 unspecified atom stereocenters. The van der Waals surface area contributed by atoms with Gasteiger partial charge >= 0.3 is 5.69 Å². The largest absolute Gasteiger partial charge is 0.491 e. The lowest BCUT2D eigenvalue weighted by Gasteiger charge is -2.19. The van der Waals surface area contributed by atoms with Crippen LogP contribution in [-0.4, -0.2) is 23.2 Å². The Bertz CT molecular complexity index is 490. The molecule has 104 valence electrons. The third kappa shape index (κ3) is 3.41. The first-order valence-corrected chi connectivity index (χ1v) is 6.12. The molecule has 1 heterocycles. The van der Waals surface area contributed by atoms with Crippen molar-refractivity contribution in [3.05, 3.63) is 34.1 Å². The summed E-state index contributed by atoms with van der Waals surface area (Å²) in [6.45, 7) is 4.35. The van der Waals surface area contributed by atoms with Gasteiger partial charge < -0.3 is 9.47 Å². The van der Waals surface area contributed by atoms with E-state index in [2.05, 4.69) is 0 Å². The predicted octanol–water partition coefficient (Wildman–Crippen LogP) is 3.07. The van der Waals surface area contributed by atoms with Crippen molar-refractivity contribution in [1.29, 1.82) is 0 Å². The zero-order valence-electron chi connectivity index (χ0n) is 10.9. The standard InChI is InChI=1S/C13H16FNO4/c1-13(2)6-5-10(19-13)8-18-9-3-4-12(15(16)17)11(14)7-9/h3-4,7,10H,5-6,8H2,1-2H3. The van der Waals surface area contributed by atoms with Gasteiger partial charge in [-0.05, 0) is 32.8 Å². The van der Waals surface area contributed by atoms with Gasteiger partial charge in [-0.25, -0.2) is 0 Å². The molecule has 0 saturated carbocycles. The van der Waals surface area contributed by atoms with Crippen LogP contribution in [-0.2, 0) is 4.74 Å². The maximum atomic E-state index is 13.4. The molecule has 6 heteroatoms. The quantitative estimate of drug-likeness (QED) is 0.622. The third-order valence-electron chi connectivity index (χ3n) is 3.11. The van der Waals surface area contributed by atoms with Gasteiger partial charge in [0.25, 0.3) is 0 Å². The van der Waals surface area contributed by atoms with Crippen molar-refractivity contribution in [2.75, 3.05) is 6.61 Å². The summed E-state index contributed by atoms with van der Waals surface area (Å²) in [6.07, 6.45) is 1.83. The second-order valence-corrected chi connectivity index (χ2v) is 5.22. The van der Waals surface area contributed by atoms with E-state index in [0.717, 1.165) is 25.0 Å². The van der Waals surface area contributed by atoms with Crippen LogP contribution in [0.3, 0.4) is 0 Å². The van der Waals surface area contributed by atoms with Gasteiger partial charge in [0.05, 0.1) is 16.6 Å². The molecule has 0 aromatic heterocycles. The molecule has 1 atom stereocenters. The van der Waals surface area contributed by atoms with Gasteiger partial charge in [-0.2, -0.15) is 4.39 Å². The van der Waals surface area contributed by atoms with E-state index >= 15 is 0 Å². The van der Waals surface area contributed by atoms with Gasteiger partial charge in [-0.15, -0.1) is 0 Å². The van der Waals surface area contributed by atoms with E-state index in [1.165, 1.54) is 6.07 Å². The highest BCUT2D eigenvalue weighted by atomic mass is 19.1. The molecule has 0 spiro atoms. The van der Waals surface area contributed by atoms with Crippen molar-refractivity contribution in [3.63, 3.8) is 0 Å². The lowest BCUT2D eigenvalue weighted by Crippen LogP contribution is -2.23. The number of hydrogen-bond acceptors (Lipinski definition) is 4. The Hall–Kier alpha value is -1.69. The molecule has 0 N–H and O–H groups in total. The Labute approximate surface area is 110 Å². The summed E-state index contributed by atoms with van der Waals surface area (Å²) in [5.41, 5.74) is -0.694. The molecule has 0 aliphatic carbocycles. The minimum absolute atomic E-state index is 0.0201. The summed E-state index contributed by atoms with van der Waals surface area (Å²) in [7, 11) is 0. The van der Waals surface area contributed by atoms with Gasteiger partial charge in [0.1, 0.15) is 12.4 Å². The van der Waals surface area contributed by atoms with Gasteiger partial charge in [0, 0.05) is 12.1 Å². The molecule has 19 heavy (non-hydrogen) atoms. The molecule has 1 saturated heterocycles. The summed E-state index contributed by atoms with van der Waals surface area (Å²) in [6, 6.07) is 3.52. The van der Waals surface area contributed by atoms with Crippen molar-refractivity contribution in [3.8, 4) is 5.75 Å². The van der Waals surface area contributed by atoms with Crippen LogP contribution in [0.1, 0.15) is 26.7 Å². The van der Waals surface area contributed by atoms with Crippen LogP contribution in [0.2, 0.25) is 0 Å². The van der Waals surface area contributed by atoms with E-state index in [-0.39, 0.29) is 17.5 Å². The summed E-state index contributed by atoms with van der Waals surface area (Å²) in [4.78, 5) is 9.71. The molecule has 0 amide bonds. The van der Waals surface area contributed by atoms with Crippen molar-refractivity contribution < 1.29 is 18.8 Å². The Morgan fingerprint density at radius 3 is 2.84 bits per heavy atom. The molecule has 5 nitrogen and oxygen atoms in total. The van der Waals surface area contributed by atoms with E-state index in [1.807, 2.05) is 13.8 Å². The smallest absolute Gasteiger partial charge is 0.305 e. The molecule has 1 aliphatic heterocycles. The predicted molar refractivity (Wildman–Crippen MR) is 66.7 cm³/mol. The second-order valence-electron chi connectivity index (χ2n) is 5.22. The molecular formula is C13H16FNO4. The number of nitrogens with zero attached hydrogens (tertiary/aromatic N) is 1. The monoisotopic (exact) mass is 269 g/mol. The number of benzene rings is 1. The molecule has 0 radical (unpaired) electrons. The fourth-order valence-corrected chi connectivity index (χ4v) is 2.11. The lowest BCUT2D eigenvalue weighted by molar-refractivity contribution is -0.387. The minimum atomic E-state index is -0.893. The molecule has 1 aromatic carbocycles. The summed E-state index contributed by atoms with van der Waals surface area (Å²) in [5, 5.41) is 10.5. The van der Waals surface area contributed by atoms with Crippen molar-refractivity contribution in [2.45, 2.75) is 38.4 Å². The minimum Gasteiger partial charge on any atom is -0.491 e. The Morgan fingerprint density at radius 1 is 1.58 bits per heavy atom. The van der Waals surface area contributed by atoms with Crippen molar-refractivity contribution >= 4 is 5.69 Å². The number of rotatable bonds is 4. The van der Waals surface area contributed by atoms with Crippen LogP contribution in [0.4, 0.5) is 10.1 Å². The average Bonchev–Trinajstić information content (AvgIpc) is 2.66. The van der Waals surface area contributed by atoms with E-state index in [4.69, 9.17) is 9.47 Å². The SMILES string of the molecule is CC1(C)CCC(COc2ccc([N+](=O)[O-])c(F)c2)O1. The van der Waals surface area contributed by atoms with Crippen LogP contribution >= 0.6 is 0 Å². The highest BCUT2D eigenvalue weighted by Gasteiger charge is 2.31. The maximum absolute atomic E-state index is 13.4. The first kappa shape index (κ1) is 13.7. The van der Waals surface area contributed by atoms with Gasteiger partial charge in [-0.1, -0.05) is 0 Å². The van der Waals surface area contributed by atoms with Crippen LogP contribution in [0.5, 0.6) is 5.75 Å². The zero-order chi connectivity index (χ0) is 14.0. The van der Waals surface area contributed by atoms with Gasteiger partial charge in [-0.3, -0.25) is 10.1 Å². The Kier molecular flexibility index (Phi) is 3.71. The lowest BCUT2D eigenvalue weighted by atomic mass is 10.1. The van der Waals surface area contributed by atoms with Crippen LogP contribution in [0, 0.1) is 15.9 Å². The van der Waals surface area contributed by atoms with Crippen LogP contribution < -0.4 is 4.74 Å². The molecule has 1 aromatic rings. The van der Waals surface area contributed by atoms with Gasteiger partial charge in [0.2, 0.25) is 5.82 Å². The summed E-state index contributed by atoms with van der Waals surface area (Å²) < 4.78 is 24.5. The molecule has 1 aliphatic rings. The Balaban J connectivity index is 1.94. The van der Waals surface area contributed by atoms with E-state index in [9.17, 15) is 14.5 Å². The van der Waals surface area contributed by atoms with Crippen molar-refractivity contribution in [1.82, 2.24) is 0 Å². The molecule has 0 bridgehead atoms. The van der Waals surface area contributed by atoms with Crippen LogP contribution in [0.15, 0.2) is 18.2 Å². The Morgan fingerprint density at radius 2 is 2.32 bits per heavy atom. The maximum Gasteiger partial charge on any atom is 0.305 e. The molecule has 2 rings (SSSR count). The number of hydrogen-bond donors (Lipinski definition) is 0. The molecule has 1 fully saturated rings. The third-order valence-corrected chi connectivity index (χ3v) is 3.11. The first-order chi connectivity index (χ1) is 8.87. The zero-order valence-corrected chi connectivity index (χ0v) is 10.9. The van der Waals surface area contributed by atoms with E-state index in [1.54, 1.807) is 0 Å². The fraction of sp³-hybridized carbons (Fsp3) is 0.538. The highest BCUT2D eigenvalue weighted by molar-refractivity contribution is 5.37. The summed E-state index contributed by atoms with van der Waals surface area (Å²) in [5.74, 6) is -0.619. The number of ether oxygens (including phenoxy) is 2. The van der Waals surface area contributed by atoms with E-state index < -0.39 is 16.4 Å². The first-order valence-electron chi connectivity index (χ1n) is 6.12. The number of halogens is 1. The van der Waals surface area contributed by atoms with Crippen molar-refractivity contribution in [2.24, 2.45) is 0 Å². The molecular weight excluding hydrogens is 253 g/mol. The fourth-order valence-electron chi connectivity index (χ4n) is 2.11. The average molecular weight is 269 g/mol. The number of nitro groups is 1. The van der Waals surface area contributed by atoms with Crippen LogP contribution in [0.25, 0.3) is 0 Å². The normalized spacial score (nSPS) is 21.3. The highest BCUT2D eigenvalue weighted by Crippen LogP contribution is 2.30.